The highest BCUT2D eigenvalue weighted by Gasteiger charge is 2.31. The minimum atomic E-state index is -0.332. The normalized spacial score (nSPS) is 10.5. The molecule has 0 unspecified atom stereocenters. The average Bonchev–Trinajstić information content (AvgIpc) is 3.12. The van der Waals surface area contributed by atoms with E-state index in [1.54, 1.807) is 18.7 Å². The summed E-state index contributed by atoms with van der Waals surface area (Å²) in [6, 6.07) is 15.0. The highest BCUT2D eigenvalue weighted by Crippen LogP contribution is 2.38. The number of hydrogen-bond donors (Lipinski definition) is 0. The van der Waals surface area contributed by atoms with Crippen LogP contribution in [0.15, 0.2) is 76.8 Å². The van der Waals surface area contributed by atoms with Crippen molar-refractivity contribution in [3.8, 4) is 5.69 Å². The molecule has 0 aliphatic heterocycles. The number of carbonyl (C=O) groups excluding carboxylic acids is 2. The molecule has 6 heteroatoms. The first-order valence-corrected chi connectivity index (χ1v) is 11.9. The van der Waals surface area contributed by atoms with Crippen LogP contribution in [0.2, 0.25) is 0 Å². The number of pyridine rings is 1. The number of carbonyl (C=O) groups is 2. The van der Waals surface area contributed by atoms with E-state index in [1.165, 1.54) is 16.9 Å². The fourth-order valence-corrected chi connectivity index (χ4v) is 5.69. The second-order valence-corrected chi connectivity index (χ2v) is 9.41. The van der Waals surface area contributed by atoms with E-state index in [0.717, 1.165) is 15.6 Å². The number of esters is 1. The van der Waals surface area contributed by atoms with Gasteiger partial charge >= 0.3 is 5.97 Å². The molecule has 1 aromatic carbocycles. The summed E-state index contributed by atoms with van der Waals surface area (Å²) in [7, 11) is 0. The number of thioether (sulfide) groups is 1. The maximum atomic E-state index is 13.4. The predicted molar refractivity (Wildman–Crippen MR) is 126 cm³/mol. The first-order chi connectivity index (χ1) is 15.0. The molecular formula is C25H26NO3S2+. The highest BCUT2D eigenvalue weighted by atomic mass is 32.2. The molecule has 3 aromatic rings. The number of ketones is 1. The van der Waals surface area contributed by atoms with Gasteiger partial charge in [0.15, 0.2) is 12.4 Å². The highest BCUT2D eigenvalue weighted by molar-refractivity contribution is 8.01. The molecule has 0 radical (unpaired) electrons. The number of hydrogen-bond acceptors (Lipinski definition) is 5. The zero-order chi connectivity index (χ0) is 22.2. The van der Waals surface area contributed by atoms with Crippen molar-refractivity contribution < 1.29 is 18.9 Å². The molecule has 0 bridgehead atoms. The van der Waals surface area contributed by atoms with Gasteiger partial charge in [-0.2, -0.15) is 4.57 Å². The van der Waals surface area contributed by atoms with Crippen molar-refractivity contribution in [3.05, 3.63) is 88.6 Å². The van der Waals surface area contributed by atoms with Gasteiger partial charge in [-0.3, -0.25) is 9.59 Å². The van der Waals surface area contributed by atoms with Crippen LogP contribution in [0, 0.1) is 0 Å². The average molecular weight is 453 g/mol. The van der Waals surface area contributed by atoms with Gasteiger partial charge < -0.3 is 4.74 Å². The van der Waals surface area contributed by atoms with E-state index in [2.05, 4.69) is 19.9 Å². The molecule has 3 rings (SSSR count). The molecule has 0 fully saturated rings. The Labute approximate surface area is 191 Å². The summed E-state index contributed by atoms with van der Waals surface area (Å²) in [5.41, 5.74) is 3.45. The summed E-state index contributed by atoms with van der Waals surface area (Å²) in [5.74, 6) is 0.388. The lowest BCUT2D eigenvalue weighted by Gasteiger charge is -2.05. The number of allylic oxidation sites excluding steroid dienone is 1. The van der Waals surface area contributed by atoms with Gasteiger partial charge in [0.2, 0.25) is 11.5 Å². The number of rotatable bonds is 9. The van der Waals surface area contributed by atoms with Crippen LogP contribution < -0.4 is 4.57 Å². The van der Waals surface area contributed by atoms with Crippen molar-refractivity contribution in [2.24, 2.45) is 0 Å². The van der Waals surface area contributed by atoms with Gasteiger partial charge in [0.1, 0.15) is 4.21 Å². The Morgan fingerprint density at radius 3 is 2.39 bits per heavy atom. The number of nitrogens with zero attached hydrogens (tertiary/aromatic N) is 1. The van der Waals surface area contributed by atoms with Gasteiger partial charge in [-0.1, -0.05) is 48.0 Å². The minimum Gasteiger partial charge on any atom is -0.466 e. The minimum absolute atomic E-state index is 0.0542. The molecule has 0 aliphatic rings. The maximum Gasteiger partial charge on any atom is 0.310 e. The van der Waals surface area contributed by atoms with Crippen LogP contribution in [-0.2, 0) is 16.0 Å². The lowest BCUT2D eigenvalue weighted by molar-refractivity contribution is -0.598. The Kier molecular flexibility index (Phi) is 8.20. The van der Waals surface area contributed by atoms with E-state index in [9.17, 15) is 9.59 Å². The number of thiophene rings is 1. The zero-order valence-electron chi connectivity index (χ0n) is 18.0. The van der Waals surface area contributed by atoms with Crippen LogP contribution in [-0.4, -0.2) is 24.1 Å². The lowest BCUT2D eigenvalue weighted by atomic mass is 10.0. The molecular weight excluding hydrogens is 426 g/mol. The molecule has 0 amide bonds. The molecule has 0 spiro atoms. The van der Waals surface area contributed by atoms with E-state index in [1.807, 2.05) is 65.5 Å². The standard InChI is InChI=1S/C25H26NO3S2/c1-4-29-21(27)17-20-22(26-14-9-6-10-15-26)25(30-16-13-18(2)3)31-24(20)23(28)19-11-7-5-8-12-19/h5-15H,4,16-17H2,1-3H3/q+1. The molecule has 0 saturated carbocycles. The monoisotopic (exact) mass is 452 g/mol. The van der Waals surface area contributed by atoms with E-state index in [-0.39, 0.29) is 18.2 Å². The van der Waals surface area contributed by atoms with E-state index < -0.39 is 0 Å². The fraction of sp³-hybridized carbons (Fsp3) is 0.240. The van der Waals surface area contributed by atoms with E-state index in [4.69, 9.17) is 4.74 Å². The molecule has 0 atom stereocenters. The van der Waals surface area contributed by atoms with Crippen LogP contribution in [0.25, 0.3) is 5.69 Å². The first kappa shape index (κ1) is 23.0. The summed E-state index contributed by atoms with van der Waals surface area (Å²) in [4.78, 5) is 26.5. The number of ether oxygens (including phenoxy) is 1. The quantitative estimate of drug-likeness (QED) is 0.143. The van der Waals surface area contributed by atoms with Crippen molar-refractivity contribution in [2.75, 3.05) is 12.4 Å². The van der Waals surface area contributed by atoms with Crippen LogP contribution in [0.3, 0.4) is 0 Å². The van der Waals surface area contributed by atoms with Crippen molar-refractivity contribution in [3.63, 3.8) is 0 Å². The molecule has 0 N–H and O–H groups in total. The Morgan fingerprint density at radius 1 is 1.06 bits per heavy atom. The van der Waals surface area contributed by atoms with Gasteiger partial charge in [0.25, 0.3) is 0 Å². The van der Waals surface area contributed by atoms with Crippen molar-refractivity contribution in [2.45, 2.75) is 31.4 Å². The van der Waals surface area contributed by atoms with E-state index >= 15 is 0 Å². The Hall–Kier alpha value is -2.70. The summed E-state index contributed by atoms with van der Waals surface area (Å²) < 4.78 is 8.22. The number of benzene rings is 1. The topological polar surface area (TPSA) is 47.3 Å². The van der Waals surface area contributed by atoms with Crippen molar-refractivity contribution >= 4 is 34.9 Å². The molecule has 0 aliphatic carbocycles. The third-order valence-corrected chi connectivity index (χ3v) is 6.90. The molecule has 2 aromatic heterocycles. The van der Waals surface area contributed by atoms with Crippen LogP contribution in [0.1, 0.15) is 41.6 Å². The fourth-order valence-electron chi connectivity index (χ4n) is 3.05. The summed E-state index contributed by atoms with van der Waals surface area (Å²) in [5, 5.41) is 0. The smallest absolute Gasteiger partial charge is 0.310 e. The molecule has 2 heterocycles. The molecule has 0 saturated heterocycles. The summed E-state index contributed by atoms with van der Waals surface area (Å²) in [6.07, 6.45) is 6.10. The summed E-state index contributed by atoms with van der Waals surface area (Å²) >= 11 is 3.13. The molecule has 31 heavy (non-hydrogen) atoms. The lowest BCUT2D eigenvalue weighted by Crippen LogP contribution is -2.31. The van der Waals surface area contributed by atoms with Gasteiger partial charge in [0.05, 0.1) is 23.5 Å². The Balaban J connectivity index is 2.16. The van der Waals surface area contributed by atoms with Gasteiger partial charge in [-0.25, -0.2) is 0 Å². The molecule has 4 nitrogen and oxygen atoms in total. The van der Waals surface area contributed by atoms with Crippen molar-refractivity contribution in [1.29, 1.82) is 0 Å². The number of aromatic nitrogens is 1. The summed E-state index contributed by atoms with van der Waals surface area (Å²) in [6.45, 7) is 6.23. The largest absolute Gasteiger partial charge is 0.466 e. The Bertz CT molecular complexity index is 1070. The van der Waals surface area contributed by atoms with Gasteiger partial charge in [-0.15, -0.1) is 23.1 Å². The van der Waals surface area contributed by atoms with Crippen LogP contribution >= 0.6 is 23.1 Å². The van der Waals surface area contributed by atoms with E-state index in [0.29, 0.717) is 22.6 Å². The predicted octanol–water partition coefficient (Wildman–Crippen LogP) is 5.42. The molecule has 160 valence electrons. The SMILES string of the molecule is CCOC(=O)Cc1c(C(=O)c2ccccc2)sc(SCC=C(C)C)c1-[n+]1ccccc1. The second kappa shape index (κ2) is 11.1. The van der Waals surface area contributed by atoms with Crippen LogP contribution in [0.5, 0.6) is 0 Å². The first-order valence-electron chi connectivity index (χ1n) is 10.1. The van der Waals surface area contributed by atoms with Crippen LogP contribution in [0.4, 0.5) is 0 Å². The van der Waals surface area contributed by atoms with Gasteiger partial charge in [-0.05, 0) is 20.8 Å². The van der Waals surface area contributed by atoms with Crippen molar-refractivity contribution in [1.82, 2.24) is 0 Å². The Morgan fingerprint density at radius 2 is 1.74 bits per heavy atom. The van der Waals surface area contributed by atoms with Gasteiger partial charge in [0, 0.05) is 23.4 Å². The third kappa shape index (κ3) is 5.93. The second-order valence-electron chi connectivity index (χ2n) is 7.10. The third-order valence-electron chi connectivity index (χ3n) is 4.50. The maximum absolute atomic E-state index is 13.4. The zero-order valence-corrected chi connectivity index (χ0v) is 19.6.